The lowest BCUT2D eigenvalue weighted by atomic mass is 9.79. The van der Waals surface area contributed by atoms with Crippen molar-refractivity contribution < 1.29 is 14.3 Å². The Bertz CT molecular complexity index is 611. The molecule has 1 aromatic carbocycles. The smallest absolute Gasteiger partial charge is 0.317 e. The molecular formula is C21H30N2O3. The molecule has 0 spiro atoms. The minimum absolute atomic E-state index is 0.0489. The first-order valence-electron chi connectivity index (χ1n) is 9.89. The van der Waals surface area contributed by atoms with Crippen molar-refractivity contribution in [3.63, 3.8) is 0 Å². The molecule has 2 amide bonds. The number of carbonyl (C=O) groups excluding carboxylic acids is 2. The van der Waals surface area contributed by atoms with Crippen LogP contribution in [0.25, 0.3) is 0 Å². The number of likely N-dealkylation sites (tertiary alicyclic amines) is 1. The number of nitrogens with zero attached hydrogens (tertiary/aromatic N) is 1. The summed E-state index contributed by atoms with van der Waals surface area (Å²) in [6.45, 7) is 4.04. The number of hydrogen-bond donors (Lipinski definition) is 1. The lowest BCUT2D eigenvalue weighted by Gasteiger charge is -2.34. The number of amides is 2. The van der Waals surface area contributed by atoms with Gasteiger partial charge in [-0.1, -0.05) is 43.2 Å². The number of esters is 1. The molecule has 1 aliphatic heterocycles. The predicted molar refractivity (Wildman–Crippen MR) is 101 cm³/mol. The highest BCUT2D eigenvalue weighted by atomic mass is 16.5. The lowest BCUT2D eigenvalue weighted by Crippen LogP contribution is -2.50. The second-order valence-electron chi connectivity index (χ2n) is 7.55. The van der Waals surface area contributed by atoms with E-state index < -0.39 is 0 Å². The van der Waals surface area contributed by atoms with Gasteiger partial charge in [0.2, 0.25) is 0 Å². The standard InChI is InChI=1S/C21H30N2O3/c1-2-26-19(24)17-9-8-14-23(15-17)20(25)22-16-21(12-6-7-13-21)18-10-4-3-5-11-18/h3-5,10-11,17H,2,6-9,12-16H2,1H3,(H,22,25). The van der Waals surface area contributed by atoms with Crippen molar-refractivity contribution in [2.75, 3.05) is 26.2 Å². The van der Waals surface area contributed by atoms with Gasteiger partial charge in [0.05, 0.1) is 12.5 Å². The van der Waals surface area contributed by atoms with Crippen LogP contribution in [-0.2, 0) is 14.9 Å². The summed E-state index contributed by atoms with van der Waals surface area (Å²) in [5, 5.41) is 3.16. The van der Waals surface area contributed by atoms with Gasteiger partial charge in [-0.2, -0.15) is 0 Å². The Hall–Kier alpha value is -2.04. The predicted octanol–water partition coefficient (Wildman–Crippen LogP) is 3.48. The highest BCUT2D eigenvalue weighted by Crippen LogP contribution is 2.40. The summed E-state index contributed by atoms with van der Waals surface area (Å²) in [7, 11) is 0. The van der Waals surface area contributed by atoms with Gasteiger partial charge in [0.1, 0.15) is 0 Å². The fourth-order valence-corrected chi connectivity index (χ4v) is 4.38. The van der Waals surface area contributed by atoms with E-state index in [0.29, 0.717) is 26.2 Å². The maximum atomic E-state index is 12.7. The average Bonchev–Trinajstić information content (AvgIpc) is 3.17. The van der Waals surface area contributed by atoms with Crippen molar-refractivity contribution in [3.8, 4) is 0 Å². The molecule has 1 saturated heterocycles. The third-order valence-electron chi connectivity index (χ3n) is 5.85. The first-order chi connectivity index (χ1) is 12.6. The van der Waals surface area contributed by atoms with Gasteiger partial charge in [-0.15, -0.1) is 0 Å². The lowest BCUT2D eigenvalue weighted by molar-refractivity contribution is -0.149. The van der Waals surface area contributed by atoms with E-state index in [9.17, 15) is 9.59 Å². The van der Waals surface area contributed by atoms with Gasteiger partial charge in [0.15, 0.2) is 0 Å². The Morgan fingerprint density at radius 1 is 1.19 bits per heavy atom. The second kappa shape index (κ2) is 8.56. The van der Waals surface area contributed by atoms with Crippen LogP contribution in [0.1, 0.15) is 51.0 Å². The molecule has 1 heterocycles. The fourth-order valence-electron chi connectivity index (χ4n) is 4.38. The Morgan fingerprint density at radius 3 is 2.62 bits per heavy atom. The van der Waals surface area contributed by atoms with Gasteiger partial charge in [0.25, 0.3) is 0 Å². The van der Waals surface area contributed by atoms with E-state index in [2.05, 4.69) is 29.6 Å². The molecule has 1 saturated carbocycles. The summed E-state index contributed by atoms with van der Waals surface area (Å²) in [5.74, 6) is -0.370. The van der Waals surface area contributed by atoms with Crippen LogP contribution < -0.4 is 5.32 Å². The SMILES string of the molecule is CCOC(=O)C1CCCN(C(=O)NCC2(c3ccccc3)CCCC2)C1. The van der Waals surface area contributed by atoms with Crippen molar-refractivity contribution in [2.45, 2.75) is 50.9 Å². The molecule has 1 aliphatic carbocycles. The van der Waals surface area contributed by atoms with E-state index in [0.717, 1.165) is 25.7 Å². The molecule has 2 aliphatic rings. The summed E-state index contributed by atoms with van der Waals surface area (Å²) in [5.41, 5.74) is 1.37. The molecular weight excluding hydrogens is 328 g/mol. The molecule has 2 fully saturated rings. The minimum Gasteiger partial charge on any atom is -0.466 e. The number of benzene rings is 1. The summed E-state index contributed by atoms with van der Waals surface area (Å²) >= 11 is 0. The zero-order chi connectivity index (χ0) is 18.4. The topological polar surface area (TPSA) is 58.6 Å². The number of ether oxygens (including phenoxy) is 1. The van der Waals surface area contributed by atoms with E-state index in [4.69, 9.17) is 4.74 Å². The molecule has 3 rings (SSSR count). The number of urea groups is 1. The number of piperidine rings is 1. The Labute approximate surface area is 156 Å². The second-order valence-corrected chi connectivity index (χ2v) is 7.55. The Kier molecular flexibility index (Phi) is 6.17. The van der Waals surface area contributed by atoms with E-state index in [1.807, 2.05) is 13.0 Å². The number of carbonyl (C=O) groups is 2. The summed E-state index contributed by atoms with van der Waals surface area (Å²) in [6.07, 6.45) is 6.29. The summed E-state index contributed by atoms with van der Waals surface area (Å²) < 4.78 is 5.13. The van der Waals surface area contributed by atoms with Gasteiger partial charge in [0, 0.05) is 25.0 Å². The number of rotatable bonds is 5. The van der Waals surface area contributed by atoms with E-state index >= 15 is 0 Å². The first kappa shape index (κ1) is 18.7. The maximum absolute atomic E-state index is 12.7. The molecule has 1 atom stereocenters. The molecule has 0 aromatic heterocycles. The molecule has 1 aromatic rings. The maximum Gasteiger partial charge on any atom is 0.317 e. The van der Waals surface area contributed by atoms with Gasteiger partial charge < -0.3 is 15.0 Å². The van der Waals surface area contributed by atoms with Crippen molar-refractivity contribution in [1.82, 2.24) is 10.2 Å². The molecule has 5 heteroatoms. The molecule has 1 N–H and O–H groups in total. The van der Waals surface area contributed by atoms with E-state index in [-0.39, 0.29) is 23.3 Å². The molecule has 0 bridgehead atoms. The quantitative estimate of drug-likeness (QED) is 0.820. The molecule has 0 radical (unpaired) electrons. The van der Waals surface area contributed by atoms with Crippen LogP contribution in [-0.4, -0.2) is 43.1 Å². The average molecular weight is 358 g/mol. The van der Waals surface area contributed by atoms with Crippen LogP contribution in [0.4, 0.5) is 4.79 Å². The van der Waals surface area contributed by atoms with Crippen LogP contribution in [0.3, 0.4) is 0 Å². The van der Waals surface area contributed by atoms with Crippen molar-refractivity contribution in [1.29, 1.82) is 0 Å². The third kappa shape index (κ3) is 4.19. The van der Waals surface area contributed by atoms with Gasteiger partial charge in [-0.25, -0.2) is 4.79 Å². The van der Waals surface area contributed by atoms with Gasteiger partial charge in [-0.3, -0.25) is 4.79 Å². The normalized spacial score (nSPS) is 22.0. The van der Waals surface area contributed by atoms with Crippen LogP contribution in [0.5, 0.6) is 0 Å². The highest BCUT2D eigenvalue weighted by molar-refractivity contribution is 5.77. The molecule has 1 unspecified atom stereocenters. The van der Waals surface area contributed by atoms with E-state index in [1.54, 1.807) is 4.90 Å². The van der Waals surface area contributed by atoms with Gasteiger partial charge >= 0.3 is 12.0 Å². The zero-order valence-corrected chi connectivity index (χ0v) is 15.7. The molecule has 26 heavy (non-hydrogen) atoms. The molecule has 142 valence electrons. The van der Waals surface area contributed by atoms with Gasteiger partial charge in [-0.05, 0) is 38.2 Å². The number of hydrogen-bond acceptors (Lipinski definition) is 3. The Balaban J connectivity index is 1.59. The highest BCUT2D eigenvalue weighted by Gasteiger charge is 2.37. The summed E-state index contributed by atoms with van der Waals surface area (Å²) in [4.78, 5) is 26.5. The van der Waals surface area contributed by atoms with Crippen LogP contribution in [0.15, 0.2) is 30.3 Å². The van der Waals surface area contributed by atoms with Crippen molar-refractivity contribution in [2.24, 2.45) is 5.92 Å². The van der Waals surface area contributed by atoms with Crippen LogP contribution >= 0.6 is 0 Å². The number of nitrogens with one attached hydrogen (secondary N) is 1. The van der Waals surface area contributed by atoms with Crippen LogP contribution in [0.2, 0.25) is 0 Å². The van der Waals surface area contributed by atoms with Crippen molar-refractivity contribution in [3.05, 3.63) is 35.9 Å². The van der Waals surface area contributed by atoms with E-state index in [1.165, 1.54) is 18.4 Å². The molecule has 5 nitrogen and oxygen atoms in total. The van der Waals surface area contributed by atoms with Crippen LogP contribution in [0, 0.1) is 5.92 Å². The van der Waals surface area contributed by atoms with Crippen molar-refractivity contribution >= 4 is 12.0 Å². The third-order valence-corrected chi connectivity index (χ3v) is 5.85. The largest absolute Gasteiger partial charge is 0.466 e. The Morgan fingerprint density at radius 2 is 1.92 bits per heavy atom. The minimum atomic E-state index is -0.191. The zero-order valence-electron chi connectivity index (χ0n) is 15.7. The first-order valence-corrected chi connectivity index (χ1v) is 9.89. The monoisotopic (exact) mass is 358 g/mol. The fraction of sp³-hybridized carbons (Fsp3) is 0.619. The summed E-state index contributed by atoms with van der Waals surface area (Å²) in [6, 6.07) is 10.5.